The second-order valence-corrected chi connectivity index (χ2v) is 7.85. The van der Waals surface area contributed by atoms with Crippen LogP contribution in [0.4, 0.5) is 0 Å². The Bertz CT molecular complexity index is 649. The maximum absolute atomic E-state index is 12.7. The van der Waals surface area contributed by atoms with Crippen molar-refractivity contribution in [1.82, 2.24) is 10.2 Å². The fourth-order valence-electron chi connectivity index (χ4n) is 3.38. The lowest BCUT2D eigenvalue weighted by atomic mass is 9.89. The van der Waals surface area contributed by atoms with Gasteiger partial charge in [0.05, 0.1) is 13.2 Å². The van der Waals surface area contributed by atoms with Crippen molar-refractivity contribution in [3.63, 3.8) is 0 Å². The first-order valence-electron chi connectivity index (χ1n) is 8.91. The summed E-state index contributed by atoms with van der Waals surface area (Å²) in [5, 5.41) is 2.85. The highest BCUT2D eigenvalue weighted by Gasteiger charge is 2.32. The molecule has 1 aliphatic rings. The van der Waals surface area contributed by atoms with Crippen molar-refractivity contribution in [2.45, 2.75) is 59.5 Å². The van der Waals surface area contributed by atoms with E-state index in [1.165, 1.54) is 11.1 Å². The summed E-state index contributed by atoms with van der Waals surface area (Å²) in [5.74, 6) is 0.899. The topological polar surface area (TPSA) is 58.6 Å². The predicted octanol–water partition coefficient (Wildman–Crippen LogP) is 3.08. The molecule has 2 atom stereocenters. The molecule has 0 radical (unpaired) electrons. The predicted molar refractivity (Wildman–Crippen MR) is 98.5 cm³/mol. The Labute approximate surface area is 150 Å². The highest BCUT2D eigenvalue weighted by Crippen LogP contribution is 2.35. The lowest BCUT2D eigenvalue weighted by Gasteiger charge is -2.40. The van der Waals surface area contributed by atoms with Crippen LogP contribution in [0.25, 0.3) is 0 Å². The molecular weight excluding hydrogens is 316 g/mol. The van der Waals surface area contributed by atoms with Gasteiger partial charge in [0, 0.05) is 24.4 Å². The van der Waals surface area contributed by atoms with E-state index in [-0.39, 0.29) is 23.9 Å². The minimum absolute atomic E-state index is 0.0236. The Balaban J connectivity index is 2.03. The molecule has 0 saturated carbocycles. The van der Waals surface area contributed by atoms with Crippen LogP contribution in [0.1, 0.15) is 58.2 Å². The second-order valence-electron chi connectivity index (χ2n) is 7.85. The third-order valence-corrected chi connectivity index (χ3v) is 4.80. The number of carbonyl (C=O) groups excluding carboxylic acids is 2. The standard InChI is InChI=1S/C20H30N2O3/c1-13-11-15-12-16(25-6)7-8-17(15)14(2)22(13)18(23)9-10-21-19(24)20(3,4)5/h7-8,12-14H,9-11H2,1-6H3,(H,21,24). The number of amides is 2. The summed E-state index contributed by atoms with van der Waals surface area (Å²) in [4.78, 5) is 26.6. The monoisotopic (exact) mass is 346 g/mol. The van der Waals surface area contributed by atoms with Crippen LogP contribution < -0.4 is 10.1 Å². The van der Waals surface area contributed by atoms with E-state index < -0.39 is 5.41 Å². The van der Waals surface area contributed by atoms with Crippen LogP contribution >= 0.6 is 0 Å². The van der Waals surface area contributed by atoms with Gasteiger partial charge in [0.2, 0.25) is 11.8 Å². The van der Waals surface area contributed by atoms with Gasteiger partial charge in [0.25, 0.3) is 0 Å². The molecule has 5 heteroatoms. The zero-order valence-electron chi connectivity index (χ0n) is 16.2. The number of nitrogens with one attached hydrogen (secondary N) is 1. The van der Waals surface area contributed by atoms with Crippen LogP contribution in [-0.2, 0) is 16.0 Å². The number of fused-ring (bicyclic) bond motifs is 1. The Morgan fingerprint density at radius 1 is 1.28 bits per heavy atom. The molecule has 1 aliphatic heterocycles. The number of ether oxygens (including phenoxy) is 1. The summed E-state index contributed by atoms with van der Waals surface area (Å²) in [7, 11) is 1.67. The van der Waals surface area contributed by atoms with Gasteiger partial charge < -0.3 is 15.0 Å². The number of hydrogen-bond donors (Lipinski definition) is 1. The Morgan fingerprint density at radius 3 is 2.56 bits per heavy atom. The van der Waals surface area contributed by atoms with Gasteiger partial charge in [-0.15, -0.1) is 0 Å². The van der Waals surface area contributed by atoms with E-state index in [2.05, 4.69) is 25.2 Å². The highest BCUT2D eigenvalue weighted by molar-refractivity contribution is 5.82. The Kier molecular flexibility index (Phi) is 5.76. The van der Waals surface area contributed by atoms with Gasteiger partial charge in [-0.05, 0) is 43.5 Å². The summed E-state index contributed by atoms with van der Waals surface area (Å²) in [6, 6.07) is 6.20. The molecule has 0 fully saturated rings. The number of carbonyl (C=O) groups is 2. The maximum atomic E-state index is 12.7. The summed E-state index contributed by atoms with van der Waals surface area (Å²) < 4.78 is 5.31. The van der Waals surface area contributed by atoms with Crippen LogP contribution in [0, 0.1) is 5.41 Å². The van der Waals surface area contributed by atoms with Crippen molar-refractivity contribution in [3.05, 3.63) is 29.3 Å². The van der Waals surface area contributed by atoms with Gasteiger partial charge in [-0.3, -0.25) is 9.59 Å². The first-order chi connectivity index (χ1) is 11.6. The number of rotatable bonds is 4. The number of methoxy groups -OCH3 is 1. The summed E-state index contributed by atoms with van der Waals surface area (Å²) >= 11 is 0. The zero-order valence-corrected chi connectivity index (χ0v) is 16.2. The lowest BCUT2D eigenvalue weighted by Crippen LogP contribution is -2.46. The Hall–Kier alpha value is -2.04. The first kappa shape index (κ1) is 19.3. The van der Waals surface area contributed by atoms with Gasteiger partial charge in [-0.1, -0.05) is 26.8 Å². The molecule has 0 aliphatic carbocycles. The highest BCUT2D eigenvalue weighted by atomic mass is 16.5. The van der Waals surface area contributed by atoms with Gasteiger partial charge >= 0.3 is 0 Å². The molecule has 25 heavy (non-hydrogen) atoms. The Morgan fingerprint density at radius 2 is 1.96 bits per heavy atom. The molecule has 0 bridgehead atoms. The van der Waals surface area contributed by atoms with Crippen LogP contribution in [0.15, 0.2) is 18.2 Å². The first-order valence-corrected chi connectivity index (χ1v) is 8.91. The van der Waals surface area contributed by atoms with Crippen molar-refractivity contribution >= 4 is 11.8 Å². The molecule has 1 N–H and O–H groups in total. The van der Waals surface area contributed by atoms with E-state index in [9.17, 15) is 9.59 Å². The average Bonchev–Trinajstić information content (AvgIpc) is 2.53. The van der Waals surface area contributed by atoms with Crippen LogP contribution in [0.2, 0.25) is 0 Å². The van der Waals surface area contributed by atoms with E-state index in [1.807, 2.05) is 37.8 Å². The van der Waals surface area contributed by atoms with E-state index in [0.717, 1.165) is 12.2 Å². The summed E-state index contributed by atoms with van der Waals surface area (Å²) in [6.07, 6.45) is 1.14. The lowest BCUT2D eigenvalue weighted by molar-refractivity contribution is -0.136. The van der Waals surface area contributed by atoms with Crippen molar-refractivity contribution < 1.29 is 14.3 Å². The molecule has 0 aromatic heterocycles. The van der Waals surface area contributed by atoms with Crippen LogP contribution in [0.3, 0.4) is 0 Å². The van der Waals surface area contributed by atoms with Gasteiger partial charge in [0.1, 0.15) is 5.75 Å². The molecule has 0 spiro atoms. The maximum Gasteiger partial charge on any atom is 0.225 e. The molecule has 1 aromatic carbocycles. The molecule has 138 valence electrons. The fraction of sp³-hybridized carbons (Fsp3) is 0.600. The van der Waals surface area contributed by atoms with Gasteiger partial charge in [-0.2, -0.15) is 0 Å². The van der Waals surface area contributed by atoms with Gasteiger partial charge in [-0.25, -0.2) is 0 Å². The van der Waals surface area contributed by atoms with E-state index in [1.54, 1.807) is 7.11 Å². The van der Waals surface area contributed by atoms with E-state index >= 15 is 0 Å². The van der Waals surface area contributed by atoms with E-state index in [0.29, 0.717) is 13.0 Å². The SMILES string of the molecule is COc1ccc2c(c1)CC(C)N(C(=O)CCNC(=O)C(C)(C)C)C2C. The smallest absolute Gasteiger partial charge is 0.225 e. The normalized spacial score (nSPS) is 20.0. The largest absolute Gasteiger partial charge is 0.497 e. The van der Waals surface area contributed by atoms with Crippen molar-refractivity contribution in [2.24, 2.45) is 5.41 Å². The third kappa shape index (κ3) is 4.33. The second kappa shape index (κ2) is 7.46. The van der Waals surface area contributed by atoms with Crippen molar-refractivity contribution in [2.75, 3.05) is 13.7 Å². The zero-order chi connectivity index (χ0) is 18.8. The molecular formula is C20H30N2O3. The average molecular weight is 346 g/mol. The molecule has 2 unspecified atom stereocenters. The molecule has 2 amide bonds. The molecule has 1 aromatic rings. The summed E-state index contributed by atoms with van der Waals surface area (Å²) in [6.45, 7) is 10.1. The number of benzene rings is 1. The molecule has 5 nitrogen and oxygen atoms in total. The minimum Gasteiger partial charge on any atom is -0.497 e. The number of hydrogen-bond acceptors (Lipinski definition) is 3. The van der Waals surface area contributed by atoms with E-state index in [4.69, 9.17) is 4.74 Å². The van der Waals surface area contributed by atoms with Crippen LogP contribution in [-0.4, -0.2) is 36.4 Å². The van der Waals surface area contributed by atoms with Crippen molar-refractivity contribution in [3.8, 4) is 5.75 Å². The summed E-state index contributed by atoms with van der Waals surface area (Å²) in [5.41, 5.74) is 1.97. The molecule has 1 heterocycles. The number of nitrogens with zero attached hydrogens (tertiary/aromatic N) is 1. The molecule has 0 saturated heterocycles. The minimum atomic E-state index is -0.438. The fourth-order valence-corrected chi connectivity index (χ4v) is 3.38. The van der Waals surface area contributed by atoms with Crippen molar-refractivity contribution in [1.29, 1.82) is 0 Å². The quantitative estimate of drug-likeness (QED) is 0.911. The van der Waals surface area contributed by atoms with Crippen LogP contribution in [0.5, 0.6) is 5.75 Å². The molecule has 2 rings (SSSR count). The van der Waals surface area contributed by atoms with Gasteiger partial charge in [0.15, 0.2) is 0 Å². The third-order valence-electron chi connectivity index (χ3n) is 4.80.